The summed E-state index contributed by atoms with van der Waals surface area (Å²) in [6, 6.07) is 9.42. The van der Waals surface area contributed by atoms with Gasteiger partial charge >= 0.3 is 0 Å². The number of benzene rings is 1. The highest BCUT2D eigenvalue weighted by atomic mass is 32.1. The van der Waals surface area contributed by atoms with Crippen LogP contribution in [0.1, 0.15) is 9.67 Å². The summed E-state index contributed by atoms with van der Waals surface area (Å²) in [6.07, 6.45) is 1.69. The van der Waals surface area contributed by atoms with Crippen molar-refractivity contribution in [2.45, 2.75) is 0 Å². The monoisotopic (exact) mass is 299 g/mol. The van der Waals surface area contributed by atoms with E-state index in [1.807, 2.05) is 30.3 Å². The smallest absolute Gasteiger partial charge is 0.269 e. The van der Waals surface area contributed by atoms with E-state index in [9.17, 15) is 4.79 Å². The maximum atomic E-state index is 12.3. The van der Waals surface area contributed by atoms with Gasteiger partial charge in [0.05, 0.1) is 11.2 Å². The highest BCUT2D eigenvalue weighted by Crippen LogP contribution is 2.27. The van der Waals surface area contributed by atoms with Crippen LogP contribution < -0.4 is 16.4 Å². The summed E-state index contributed by atoms with van der Waals surface area (Å²) in [5.41, 5.74) is 7.16. The number of fused-ring (bicyclic) bond motifs is 1. The summed E-state index contributed by atoms with van der Waals surface area (Å²) in [5, 5.41) is 7.28. The molecule has 6 nitrogen and oxygen atoms in total. The Balaban J connectivity index is 1.94. The average molecular weight is 299 g/mol. The molecule has 21 heavy (non-hydrogen) atoms. The van der Waals surface area contributed by atoms with Gasteiger partial charge in [0, 0.05) is 18.6 Å². The van der Waals surface area contributed by atoms with Gasteiger partial charge in [-0.15, -0.1) is 0 Å². The number of aromatic nitrogens is 2. The zero-order chi connectivity index (χ0) is 14.8. The minimum atomic E-state index is -0.287. The van der Waals surface area contributed by atoms with E-state index in [2.05, 4.69) is 20.6 Å². The van der Waals surface area contributed by atoms with Crippen LogP contribution in [0.4, 0.5) is 16.6 Å². The van der Waals surface area contributed by atoms with E-state index in [0.29, 0.717) is 15.7 Å². The normalized spacial score (nSPS) is 10.5. The summed E-state index contributed by atoms with van der Waals surface area (Å²) in [5.74, 6) is -0.0697. The molecular formula is C14H13N5OS. The Hall–Kier alpha value is -2.67. The number of pyridine rings is 1. The molecule has 0 saturated heterocycles. The summed E-state index contributed by atoms with van der Waals surface area (Å²) in [6.45, 7) is 0. The van der Waals surface area contributed by atoms with Crippen LogP contribution in [0, 0.1) is 0 Å². The molecule has 1 aromatic carbocycles. The maximum Gasteiger partial charge on any atom is 0.269 e. The predicted molar refractivity (Wildman–Crippen MR) is 85.8 cm³/mol. The largest absolute Gasteiger partial charge is 0.382 e. The fraction of sp³-hybridized carbons (Fsp3) is 0.0714. The molecular weight excluding hydrogens is 286 g/mol. The molecule has 0 radical (unpaired) electrons. The molecule has 4 N–H and O–H groups in total. The summed E-state index contributed by atoms with van der Waals surface area (Å²) in [7, 11) is 1.73. The van der Waals surface area contributed by atoms with Crippen LogP contribution in [0.25, 0.3) is 10.9 Å². The molecule has 0 unspecified atom stereocenters. The van der Waals surface area contributed by atoms with Crippen molar-refractivity contribution in [2.75, 3.05) is 23.4 Å². The van der Waals surface area contributed by atoms with E-state index < -0.39 is 0 Å². The molecule has 0 bridgehead atoms. The molecule has 0 spiro atoms. The van der Waals surface area contributed by atoms with E-state index in [-0.39, 0.29) is 11.7 Å². The lowest BCUT2D eigenvalue weighted by molar-refractivity contribution is 0.103. The van der Waals surface area contributed by atoms with Crippen molar-refractivity contribution in [3.05, 3.63) is 41.4 Å². The molecule has 0 aliphatic rings. The first-order valence-electron chi connectivity index (χ1n) is 6.28. The van der Waals surface area contributed by atoms with Crippen molar-refractivity contribution in [1.29, 1.82) is 0 Å². The molecule has 0 aliphatic carbocycles. The lowest BCUT2D eigenvalue weighted by Gasteiger charge is -2.06. The van der Waals surface area contributed by atoms with E-state index in [0.717, 1.165) is 10.9 Å². The molecule has 0 saturated carbocycles. The van der Waals surface area contributed by atoms with Gasteiger partial charge in [-0.3, -0.25) is 9.78 Å². The summed E-state index contributed by atoms with van der Waals surface area (Å²) in [4.78, 5) is 21.1. The Kier molecular flexibility index (Phi) is 3.41. The Morgan fingerprint density at radius 3 is 2.86 bits per heavy atom. The van der Waals surface area contributed by atoms with Crippen molar-refractivity contribution < 1.29 is 4.79 Å². The number of carbonyl (C=O) groups is 1. The first kappa shape index (κ1) is 13.3. The highest BCUT2D eigenvalue weighted by molar-refractivity contribution is 7.18. The second-order valence-electron chi connectivity index (χ2n) is 4.32. The summed E-state index contributed by atoms with van der Waals surface area (Å²) < 4.78 is 0. The molecule has 106 valence electrons. The van der Waals surface area contributed by atoms with Gasteiger partial charge in [0.25, 0.3) is 5.91 Å². The van der Waals surface area contributed by atoms with Crippen LogP contribution in [0.5, 0.6) is 0 Å². The lowest BCUT2D eigenvalue weighted by atomic mass is 10.2. The minimum Gasteiger partial charge on any atom is -0.382 e. The summed E-state index contributed by atoms with van der Waals surface area (Å²) >= 11 is 1.21. The fourth-order valence-electron chi connectivity index (χ4n) is 1.99. The number of hydrogen-bond acceptors (Lipinski definition) is 6. The Morgan fingerprint density at radius 1 is 1.29 bits per heavy atom. The first-order valence-corrected chi connectivity index (χ1v) is 7.10. The van der Waals surface area contributed by atoms with Crippen molar-refractivity contribution in [3.8, 4) is 0 Å². The number of carbonyl (C=O) groups excluding carboxylic acids is 1. The zero-order valence-corrected chi connectivity index (χ0v) is 12.1. The molecule has 2 aromatic heterocycles. The van der Waals surface area contributed by atoms with Crippen LogP contribution in [0.2, 0.25) is 0 Å². The van der Waals surface area contributed by atoms with Crippen molar-refractivity contribution in [1.82, 2.24) is 9.97 Å². The Labute approximate surface area is 125 Å². The number of nitrogen functional groups attached to an aromatic ring is 1. The standard InChI is InChI=1S/C14H13N5OS/c1-16-14-19-12(15)11(21-14)13(20)18-9-6-2-4-8-5-3-7-17-10(8)9/h2-7H,15H2,1H3,(H,16,19)(H,18,20). The van der Waals surface area contributed by atoms with Gasteiger partial charge in [-0.25, -0.2) is 4.98 Å². The van der Waals surface area contributed by atoms with Crippen LogP contribution in [0.15, 0.2) is 36.5 Å². The van der Waals surface area contributed by atoms with Crippen molar-refractivity contribution >= 4 is 44.8 Å². The van der Waals surface area contributed by atoms with Crippen molar-refractivity contribution in [2.24, 2.45) is 0 Å². The Morgan fingerprint density at radius 2 is 2.10 bits per heavy atom. The van der Waals surface area contributed by atoms with E-state index >= 15 is 0 Å². The third kappa shape index (κ3) is 2.50. The van der Waals surface area contributed by atoms with Crippen LogP contribution in [-0.4, -0.2) is 22.9 Å². The molecule has 0 fully saturated rings. The number of nitrogens with two attached hydrogens (primary N) is 1. The van der Waals surface area contributed by atoms with Gasteiger partial charge in [0.15, 0.2) is 5.13 Å². The number of hydrogen-bond donors (Lipinski definition) is 3. The van der Waals surface area contributed by atoms with Crippen LogP contribution in [0.3, 0.4) is 0 Å². The van der Waals surface area contributed by atoms with Gasteiger partial charge in [-0.1, -0.05) is 29.5 Å². The topological polar surface area (TPSA) is 92.9 Å². The fourth-order valence-corrected chi connectivity index (χ4v) is 2.72. The maximum absolute atomic E-state index is 12.3. The molecule has 1 amide bonds. The highest BCUT2D eigenvalue weighted by Gasteiger charge is 2.16. The number of nitrogens with zero attached hydrogens (tertiary/aromatic N) is 2. The molecule has 7 heteroatoms. The quantitative estimate of drug-likeness (QED) is 0.691. The van der Waals surface area contributed by atoms with Gasteiger partial charge in [-0.2, -0.15) is 0 Å². The Bertz CT molecular complexity index is 809. The molecule has 0 atom stereocenters. The van der Waals surface area contributed by atoms with Crippen LogP contribution in [-0.2, 0) is 0 Å². The lowest BCUT2D eigenvalue weighted by Crippen LogP contribution is -2.12. The van der Waals surface area contributed by atoms with Crippen LogP contribution >= 0.6 is 11.3 Å². The van der Waals surface area contributed by atoms with Gasteiger partial charge in [0.2, 0.25) is 0 Å². The number of amides is 1. The van der Waals surface area contributed by atoms with Gasteiger partial charge in [-0.05, 0) is 12.1 Å². The van der Waals surface area contributed by atoms with Gasteiger partial charge < -0.3 is 16.4 Å². The third-order valence-electron chi connectivity index (χ3n) is 2.95. The molecule has 3 rings (SSSR count). The zero-order valence-electron chi connectivity index (χ0n) is 11.3. The average Bonchev–Trinajstić information content (AvgIpc) is 2.89. The van der Waals surface area contributed by atoms with E-state index in [1.165, 1.54) is 11.3 Å². The third-order valence-corrected chi connectivity index (χ3v) is 4.04. The van der Waals surface area contributed by atoms with E-state index in [1.54, 1.807) is 13.2 Å². The predicted octanol–water partition coefficient (Wildman–Crippen LogP) is 2.57. The van der Waals surface area contributed by atoms with Gasteiger partial charge in [0.1, 0.15) is 10.7 Å². The minimum absolute atomic E-state index is 0.218. The van der Waals surface area contributed by atoms with Crippen molar-refractivity contribution in [3.63, 3.8) is 0 Å². The number of thiazole rings is 1. The molecule has 2 heterocycles. The number of para-hydroxylation sites is 1. The SMILES string of the molecule is CNc1nc(N)c(C(=O)Nc2cccc3cccnc23)s1. The molecule has 3 aromatic rings. The second-order valence-corrected chi connectivity index (χ2v) is 5.32. The first-order chi connectivity index (χ1) is 10.2. The number of nitrogens with one attached hydrogen (secondary N) is 2. The number of anilines is 3. The molecule has 0 aliphatic heterocycles. The second kappa shape index (κ2) is 5.37. The number of rotatable bonds is 3. The van der Waals surface area contributed by atoms with E-state index in [4.69, 9.17) is 5.73 Å².